The second kappa shape index (κ2) is 11.0. The molecule has 2 heterocycles. The molecule has 0 radical (unpaired) electrons. The van der Waals surface area contributed by atoms with Gasteiger partial charge in [-0.15, -0.1) is 11.8 Å². The van der Waals surface area contributed by atoms with Gasteiger partial charge < -0.3 is 15.3 Å². The van der Waals surface area contributed by atoms with Crippen molar-refractivity contribution in [3.05, 3.63) is 60.7 Å². The fourth-order valence-corrected chi connectivity index (χ4v) is 3.69. The Morgan fingerprint density at radius 1 is 0.967 bits per heavy atom. The first kappa shape index (κ1) is 22.1. The fraction of sp³-hybridized carbons (Fsp3) is 0.333. The van der Waals surface area contributed by atoms with Gasteiger partial charge in [0.15, 0.2) is 0 Å². The van der Waals surface area contributed by atoms with Crippen LogP contribution >= 0.6 is 11.8 Å². The fourth-order valence-electron chi connectivity index (χ4n) is 3.28. The van der Waals surface area contributed by atoms with Crippen LogP contribution in [0.25, 0.3) is 11.3 Å². The van der Waals surface area contributed by atoms with E-state index in [0.717, 1.165) is 48.7 Å². The maximum absolute atomic E-state index is 9.82. The number of piperidine rings is 1. The molecular formula is C24H30N4OS. The zero-order valence-electron chi connectivity index (χ0n) is 17.9. The van der Waals surface area contributed by atoms with E-state index in [9.17, 15) is 5.11 Å². The highest BCUT2D eigenvalue weighted by atomic mass is 32.2. The Morgan fingerprint density at radius 2 is 1.63 bits per heavy atom. The van der Waals surface area contributed by atoms with Crippen LogP contribution in [-0.2, 0) is 0 Å². The van der Waals surface area contributed by atoms with E-state index in [1.54, 1.807) is 11.8 Å². The SMILES string of the molecule is CC.CSc1ccc(Nc2cc(-c3ccccc3)nc(N3CCC(O)CC3)n2)cc1. The number of benzene rings is 2. The highest BCUT2D eigenvalue weighted by Crippen LogP contribution is 2.27. The molecular weight excluding hydrogens is 392 g/mol. The molecule has 4 rings (SSSR count). The molecule has 1 aliphatic rings. The molecule has 0 saturated carbocycles. The van der Waals surface area contributed by atoms with Gasteiger partial charge in [0.2, 0.25) is 5.95 Å². The highest BCUT2D eigenvalue weighted by molar-refractivity contribution is 7.98. The van der Waals surface area contributed by atoms with Gasteiger partial charge in [0, 0.05) is 35.3 Å². The van der Waals surface area contributed by atoms with Crippen molar-refractivity contribution in [2.24, 2.45) is 0 Å². The standard InChI is InChI=1S/C22H24N4OS.C2H6/c1-28-19-9-7-17(8-10-19)23-21-15-20(16-5-3-2-4-6-16)24-22(25-21)26-13-11-18(27)12-14-26;1-2/h2-10,15,18,27H,11-14H2,1H3,(H,23,24,25);1-2H3. The van der Waals surface area contributed by atoms with Gasteiger partial charge in [-0.2, -0.15) is 4.98 Å². The van der Waals surface area contributed by atoms with Gasteiger partial charge in [0.05, 0.1) is 11.8 Å². The van der Waals surface area contributed by atoms with Crippen LogP contribution in [0, 0.1) is 0 Å². The quantitative estimate of drug-likeness (QED) is 0.522. The van der Waals surface area contributed by atoms with Crippen molar-refractivity contribution in [2.45, 2.75) is 37.7 Å². The summed E-state index contributed by atoms with van der Waals surface area (Å²) in [6.45, 7) is 5.53. The monoisotopic (exact) mass is 422 g/mol. The molecule has 2 aromatic carbocycles. The molecule has 1 aromatic heterocycles. The van der Waals surface area contributed by atoms with Crippen LogP contribution in [0.5, 0.6) is 0 Å². The lowest BCUT2D eigenvalue weighted by atomic mass is 10.1. The molecule has 1 aliphatic heterocycles. The van der Waals surface area contributed by atoms with E-state index in [4.69, 9.17) is 9.97 Å². The van der Waals surface area contributed by atoms with Crippen molar-refractivity contribution in [3.8, 4) is 11.3 Å². The van der Waals surface area contributed by atoms with E-state index in [1.165, 1.54) is 4.90 Å². The molecule has 0 amide bonds. The highest BCUT2D eigenvalue weighted by Gasteiger charge is 2.20. The normalized spacial score (nSPS) is 14.1. The van der Waals surface area contributed by atoms with Crippen molar-refractivity contribution < 1.29 is 5.11 Å². The lowest BCUT2D eigenvalue weighted by Crippen LogP contribution is -2.37. The summed E-state index contributed by atoms with van der Waals surface area (Å²) in [4.78, 5) is 13.0. The van der Waals surface area contributed by atoms with Crippen LogP contribution in [0.15, 0.2) is 65.6 Å². The molecule has 0 aliphatic carbocycles. The van der Waals surface area contributed by atoms with Crippen molar-refractivity contribution >= 4 is 29.2 Å². The first-order valence-corrected chi connectivity index (χ1v) is 11.7. The summed E-state index contributed by atoms with van der Waals surface area (Å²) >= 11 is 1.72. The number of anilines is 3. The average molecular weight is 423 g/mol. The van der Waals surface area contributed by atoms with Crippen LogP contribution in [0.1, 0.15) is 26.7 Å². The maximum Gasteiger partial charge on any atom is 0.227 e. The Labute approximate surface area is 183 Å². The Balaban J connectivity index is 0.00000124. The summed E-state index contributed by atoms with van der Waals surface area (Å²) in [6.07, 6.45) is 3.34. The van der Waals surface area contributed by atoms with E-state index in [-0.39, 0.29) is 6.10 Å². The second-order valence-electron chi connectivity index (χ2n) is 6.88. The smallest absolute Gasteiger partial charge is 0.227 e. The van der Waals surface area contributed by atoms with Gasteiger partial charge >= 0.3 is 0 Å². The number of aliphatic hydroxyl groups is 1. The van der Waals surface area contributed by atoms with Gasteiger partial charge in [-0.1, -0.05) is 44.2 Å². The van der Waals surface area contributed by atoms with Crippen molar-refractivity contribution in [3.63, 3.8) is 0 Å². The first-order valence-electron chi connectivity index (χ1n) is 10.5. The van der Waals surface area contributed by atoms with Crippen LogP contribution in [0.2, 0.25) is 0 Å². The van der Waals surface area contributed by atoms with Crippen LogP contribution in [-0.4, -0.2) is 40.5 Å². The number of aliphatic hydroxyl groups excluding tert-OH is 1. The van der Waals surface area contributed by atoms with Gasteiger partial charge in [-0.25, -0.2) is 4.98 Å². The van der Waals surface area contributed by atoms with Crippen molar-refractivity contribution in [1.82, 2.24) is 9.97 Å². The Morgan fingerprint density at radius 3 is 2.27 bits per heavy atom. The predicted molar refractivity (Wildman–Crippen MR) is 128 cm³/mol. The number of nitrogens with one attached hydrogen (secondary N) is 1. The predicted octanol–water partition coefficient (Wildman–Crippen LogP) is 5.60. The minimum Gasteiger partial charge on any atom is -0.393 e. The average Bonchev–Trinajstić information content (AvgIpc) is 2.82. The summed E-state index contributed by atoms with van der Waals surface area (Å²) in [6, 6.07) is 20.5. The van der Waals surface area contributed by atoms with Gasteiger partial charge in [0.1, 0.15) is 5.82 Å². The summed E-state index contributed by atoms with van der Waals surface area (Å²) in [5.74, 6) is 1.48. The van der Waals surface area contributed by atoms with Gasteiger partial charge in [0.25, 0.3) is 0 Å². The molecule has 5 nitrogen and oxygen atoms in total. The Bertz CT molecular complexity index is 910. The van der Waals surface area contributed by atoms with E-state index in [2.05, 4.69) is 52.9 Å². The maximum atomic E-state index is 9.82. The zero-order chi connectivity index (χ0) is 21.3. The summed E-state index contributed by atoms with van der Waals surface area (Å²) in [5.41, 5.74) is 2.94. The third-order valence-corrected chi connectivity index (χ3v) is 5.64. The first-order chi connectivity index (χ1) is 14.7. The molecule has 1 saturated heterocycles. The van der Waals surface area contributed by atoms with Crippen molar-refractivity contribution in [1.29, 1.82) is 0 Å². The van der Waals surface area contributed by atoms with Gasteiger partial charge in [-0.05, 0) is 43.4 Å². The lowest BCUT2D eigenvalue weighted by molar-refractivity contribution is 0.145. The number of hydrogen-bond acceptors (Lipinski definition) is 6. The molecule has 3 aromatic rings. The third kappa shape index (κ3) is 5.74. The number of nitrogens with zero attached hydrogens (tertiary/aromatic N) is 3. The lowest BCUT2D eigenvalue weighted by Gasteiger charge is -2.30. The molecule has 0 unspecified atom stereocenters. The molecule has 0 atom stereocenters. The van der Waals surface area contributed by atoms with Gasteiger partial charge in [-0.3, -0.25) is 0 Å². The third-order valence-electron chi connectivity index (χ3n) is 4.89. The Kier molecular flexibility index (Phi) is 8.11. The van der Waals surface area contributed by atoms with E-state index < -0.39 is 0 Å². The molecule has 158 valence electrons. The number of rotatable bonds is 5. The molecule has 6 heteroatoms. The van der Waals surface area contributed by atoms with Crippen LogP contribution in [0.4, 0.5) is 17.5 Å². The molecule has 0 bridgehead atoms. The largest absolute Gasteiger partial charge is 0.393 e. The van der Waals surface area contributed by atoms with Crippen LogP contribution < -0.4 is 10.2 Å². The Hall–Kier alpha value is -2.57. The second-order valence-corrected chi connectivity index (χ2v) is 7.76. The van der Waals surface area contributed by atoms with Crippen molar-refractivity contribution in [2.75, 3.05) is 29.6 Å². The molecule has 1 fully saturated rings. The topological polar surface area (TPSA) is 61.3 Å². The summed E-state index contributed by atoms with van der Waals surface area (Å²) in [7, 11) is 0. The number of thioether (sulfide) groups is 1. The van der Waals surface area contributed by atoms with E-state index >= 15 is 0 Å². The van der Waals surface area contributed by atoms with E-state index in [1.807, 2.05) is 38.1 Å². The minimum atomic E-state index is -0.221. The summed E-state index contributed by atoms with van der Waals surface area (Å²) < 4.78 is 0. The van der Waals surface area contributed by atoms with E-state index in [0.29, 0.717) is 5.95 Å². The minimum absolute atomic E-state index is 0.221. The number of hydrogen-bond donors (Lipinski definition) is 2. The molecule has 0 spiro atoms. The molecule has 30 heavy (non-hydrogen) atoms. The zero-order valence-corrected chi connectivity index (χ0v) is 18.7. The molecule has 2 N–H and O–H groups in total. The summed E-state index contributed by atoms with van der Waals surface area (Å²) in [5, 5.41) is 13.2. The number of aromatic nitrogens is 2. The van der Waals surface area contributed by atoms with Crippen LogP contribution in [0.3, 0.4) is 0 Å².